The maximum atomic E-state index is 11.1. The van der Waals surface area contributed by atoms with E-state index in [1.807, 2.05) is 0 Å². The molecule has 19 heavy (non-hydrogen) atoms. The van der Waals surface area contributed by atoms with E-state index in [1.54, 1.807) is 26.5 Å². The Balaban J connectivity index is 2.17. The van der Waals surface area contributed by atoms with E-state index in [2.05, 4.69) is 20.2 Å². The maximum absolute atomic E-state index is 11.1. The zero-order valence-corrected chi connectivity index (χ0v) is 11.2. The highest BCUT2D eigenvalue weighted by Crippen LogP contribution is 2.32. The van der Waals surface area contributed by atoms with Gasteiger partial charge < -0.3 is 9.47 Å². The number of nitrogens with zero attached hydrogens (tertiary/aromatic N) is 3. The molecular formula is C11H12N4O3S. The first-order chi connectivity index (χ1) is 9.24. The number of ether oxygens (including phenoxy) is 2. The fourth-order valence-electron chi connectivity index (χ4n) is 1.45. The van der Waals surface area contributed by atoms with E-state index in [4.69, 9.17) is 9.47 Å². The number of aromatic amines is 1. The highest BCUT2D eigenvalue weighted by atomic mass is 32.2. The molecule has 0 atom stereocenters. The number of pyridine rings is 1. The molecule has 0 aliphatic rings. The monoisotopic (exact) mass is 280 g/mol. The number of rotatable bonds is 5. The minimum atomic E-state index is -0.289. The Hall–Kier alpha value is -2.09. The second kappa shape index (κ2) is 6.19. The Morgan fingerprint density at radius 1 is 1.37 bits per heavy atom. The van der Waals surface area contributed by atoms with Crippen molar-refractivity contribution in [2.75, 3.05) is 14.2 Å². The van der Waals surface area contributed by atoms with Gasteiger partial charge in [-0.2, -0.15) is 5.10 Å². The van der Waals surface area contributed by atoms with Crippen LogP contribution in [0.5, 0.6) is 11.5 Å². The van der Waals surface area contributed by atoms with Crippen LogP contribution in [0.4, 0.5) is 0 Å². The zero-order chi connectivity index (χ0) is 13.7. The van der Waals surface area contributed by atoms with Gasteiger partial charge in [-0.15, -0.1) is 5.10 Å². The predicted octanol–water partition coefficient (Wildman–Crippen LogP) is 0.869. The minimum Gasteiger partial charge on any atom is -0.493 e. The number of nitrogens with one attached hydrogen (secondary N) is 1. The van der Waals surface area contributed by atoms with Crippen molar-refractivity contribution in [3.8, 4) is 11.5 Å². The second-order valence-electron chi connectivity index (χ2n) is 3.42. The van der Waals surface area contributed by atoms with Crippen LogP contribution in [-0.4, -0.2) is 34.4 Å². The molecule has 2 heterocycles. The van der Waals surface area contributed by atoms with Crippen LogP contribution in [-0.2, 0) is 5.75 Å². The Morgan fingerprint density at radius 2 is 2.21 bits per heavy atom. The third kappa shape index (κ3) is 3.22. The number of hydrogen-bond acceptors (Lipinski definition) is 7. The second-order valence-corrected chi connectivity index (χ2v) is 4.38. The van der Waals surface area contributed by atoms with Gasteiger partial charge in [-0.3, -0.25) is 14.8 Å². The van der Waals surface area contributed by atoms with E-state index in [9.17, 15) is 4.79 Å². The first-order valence-corrected chi connectivity index (χ1v) is 6.34. The highest BCUT2D eigenvalue weighted by molar-refractivity contribution is 7.98. The van der Waals surface area contributed by atoms with E-state index >= 15 is 0 Å². The lowest BCUT2D eigenvalue weighted by Crippen LogP contribution is -2.08. The van der Waals surface area contributed by atoms with Crippen LogP contribution in [0.15, 0.2) is 28.4 Å². The van der Waals surface area contributed by atoms with Gasteiger partial charge in [-0.05, 0) is 0 Å². The third-order valence-corrected chi connectivity index (χ3v) is 3.14. The number of thioether (sulfide) groups is 1. The normalized spacial score (nSPS) is 10.2. The van der Waals surface area contributed by atoms with Crippen LogP contribution in [0.3, 0.4) is 0 Å². The molecule has 100 valence electrons. The van der Waals surface area contributed by atoms with Gasteiger partial charge in [0.1, 0.15) is 6.20 Å². The molecule has 0 spiro atoms. The summed E-state index contributed by atoms with van der Waals surface area (Å²) in [6.45, 7) is 0. The number of aromatic nitrogens is 4. The van der Waals surface area contributed by atoms with Crippen molar-refractivity contribution >= 4 is 11.8 Å². The average molecular weight is 280 g/mol. The van der Waals surface area contributed by atoms with Crippen molar-refractivity contribution in [3.05, 3.63) is 34.5 Å². The number of H-pyrrole nitrogens is 1. The molecule has 2 aromatic heterocycles. The van der Waals surface area contributed by atoms with Gasteiger partial charge in [-0.1, -0.05) is 11.8 Å². The highest BCUT2D eigenvalue weighted by Gasteiger charge is 2.11. The topological polar surface area (TPSA) is 90.0 Å². The molecule has 0 saturated carbocycles. The predicted molar refractivity (Wildman–Crippen MR) is 69.6 cm³/mol. The molecule has 2 aromatic rings. The van der Waals surface area contributed by atoms with Crippen molar-refractivity contribution in [1.82, 2.24) is 20.2 Å². The van der Waals surface area contributed by atoms with Gasteiger partial charge in [-0.25, -0.2) is 0 Å². The van der Waals surface area contributed by atoms with E-state index in [1.165, 1.54) is 11.8 Å². The number of hydrogen-bond donors (Lipinski definition) is 1. The molecule has 1 N–H and O–H groups in total. The molecule has 0 fully saturated rings. The summed E-state index contributed by atoms with van der Waals surface area (Å²) in [7, 11) is 3.12. The van der Waals surface area contributed by atoms with E-state index in [-0.39, 0.29) is 5.56 Å². The molecule has 0 radical (unpaired) electrons. The molecule has 0 aliphatic carbocycles. The standard InChI is InChI=1S/C11H12N4O3S/c1-17-8-3-4-12-7(10(8)18-2)6-19-11-14-9(16)5-13-15-11/h3-5H,6H2,1-2H3,(H,14,15,16). The summed E-state index contributed by atoms with van der Waals surface area (Å²) >= 11 is 1.31. The maximum Gasteiger partial charge on any atom is 0.270 e. The first kappa shape index (κ1) is 13.3. The molecule has 0 aromatic carbocycles. The Kier molecular flexibility index (Phi) is 4.35. The Labute approximate surface area is 113 Å². The lowest BCUT2D eigenvalue weighted by molar-refractivity contribution is 0.350. The van der Waals surface area contributed by atoms with E-state index in [0.717, 1.165) is 6.20 Å². The van der Waals surface area contributed by atoms with Crippen molar-refractivity contribution in [3.63, 3.8) is 0 Å². The molecule has 0 unspecified atom stereocenters. The number of methoxy groups -OCH3 is 2. The Bertz CT molecular complexity index is 617. The van der Waals surface area contributed by atoms with Gasteiger partial charge in [0.25, 0.3) is 5.56 Å². The van der Waals surface area contributed by atoms with Crippen molar-refractivity contribution in [1.29, 1.82) is 0 Å². The van der Waals surface area contributed by atoms with E-state index in [0.29, 0.717) is 28.1 Å². The summed E-state index contributed by atoms with van der Waals surface area (Å²) in [5, 5.41) is 7.82. The SMILES string of the molecule is COc1ccnc(CSc2nncc(=O)[nH]2)c1OC. The summed E-state index contributed by atoms with van der Waals surface area (Å²) < 4.78 is 10.5. The molecule has 8 heteroatoms. The van der Waals surface area contributed by atoms with Crippen LogP contribution in [0.1, 0.15) is 5.69 Å². The third-order valence-electron chi connectivity index (χ3n) is 2.27. The van der Waals surface area contributed by atoms with Crippen molar-refractivity contribution in [2.24, 2.45) is 0 Å². The van der Waals surface area contributed by atoms with Crippen LogP contribution in [0.2, 0.25) is 0 Å². The fourth-order valence-corrected chi connectivity index (χ4v) is 2.21. The summed E-state index contributed by atoms with van der Waals surface area (Å²) in [6, 6.07) is 1.72. The van der Waals surface area contributed by atoms with Crippen LogP contribution in [0, 0.1) is 0 Å². The molecule has 0 bridgehead atoms. The van der Waals surface area contributed by atoms with Crippen molar-refractivity contribution < 1.29 is 9.47 Å². The molecule has 0 saturated heterocycles. The van der Waals surface area contributed by atoms with Crippen LogP contribution < -0.4 is 15.0 Å². The van der Waals surface area contributed by atoms with Crippen LogP contribution in [0.25, 0.3) is 0 Å². The zero-order valence-electron chi connectivity index (χ0n) is 10.4. The van der Waals surface area contributed by atoms with Crippen molar-refractivity contribution in [2.45, 2.75) is 10.9 Å². The molecule has 0 aliphatic heterocycles. The van der Waals surface area contributed by atoms with Gasteiger partial charge >= 0.3 is 0 Å². The van der Waals surface area contributed by atoms with E-state index < -0.39 is 0 Å². The summed E-state index contributed by atoms with van der Waals surface area (Å²) in [5.74, 6) is 1.67. The minimum absolute atomic E-state index is 0.289. The molecule has 0 amide bonds. The lowest BCUT2D eigenvalue weighted by atomic mass is 10.3. The first-order valence-electron chi connectivity index (χ1n) is 5.35. The van der Waals surface area contributed by atoms with Gasteiger partial charge in [0.2, 0.25) is 0 Å². The summed E-state index contributed by atoms with van der Waals surface area (Å²) in [6.07, 6.45) is 2.76. The smallest absolute Gasteiger partial charge is 0.270 e. The lowest BCUT2D eigenvalue weighted by Gasteiger charge is -2.10. The molecular weight excluding hydrogens is 268 g/mol. The van der Waals surface area contributed by atoms with Gasteiger partial charge in [0.05, 0.1) is 19.9 Å². The largest absolute Gasteiger partial charge is 0.493 e. The summed E-state index contributed by atoms with van der Waals surface area (Å²) in [4.78, 5) is 17.9. The van der Waals surface area contributed by atoms with Gasteiger partial charge in [0.15, 0.2) is 16.7 Å². The van der Waals surface area contributed by atoms with Gasteiger partial charge in [0, 0.05) is 18.0 Å². The average Bonchev–Trinajstić information content (AvgIpc) is 2.44. The Morgan fingerprint density at radius 3 is 2.89 bits per heavy atom. The quantitative estimate of drug-likeness (QED) is 0.813. The molecule has 7 nitrogen and oxygen atoms in total. The van der Waals surface area contributed by atoms with Crippen LogP contribution >= 0.6 is 11.8 Å². The summed E-state index contributed by atoms with van der Waals surface area (Å²) in [5.41, 5.74) is 0.418. The molecule has 2 rings (SSSR count). The fraction of sp³-hybridized carbons (Fsp3) is 0.273.